The molecule has 0 saturated heterocycles. The van der Waals surface area contributed by atoms with Crippen molar-refractivity contribution in [2.75, 3.05) is 0 Å². The summed E-state index contributed by atoms with van der Waals surface area (Å²) in [5, 5.41) is 2.09. The number of pyridine rings is 2. The van der Waals surface area contributed by atoms with Crippen molar-refractivity contribution in [3.8, 4) is 28.3 Å². The van der Waals surface area contributed by atoms with Crippen molar-refractivity contribution in [3.05, 3.63) is 138 Å². The average molecular weight is 964 g/mol. The van der Waals surface area contributed by atoms with Crippen LogP contribution in [-0.4, -0.2) is 32.8 Å². The molecule has 0 spiro atoms. The molecule has 4 heterocycles. The van der Waals surface area contributed by atoms with E-state index in [1.165, 1.54) is 11.1 Å². The maximum absolute atomic E-state index is 6.35. The van der Waals surface area contributed by atoms with E-state index in [1.807, 2.05) is 49.4 Å². The molecule has 0 fully saturated rings. The van der Waals surface area contributed by atoms with Crippen molar-refractivity contribution in [2.45, 2.75) is 77.6 Å². The van der Waals surface area contributed by atoms with Crippen LogP contribution in [0.15, 0.2) is 108 Å². The summed E-state index contributed by atoms with van der Waals surface area (Å²) >= 11 is -1.86. The molecule has 4 aromatic heterocycles. The summed E-state index contributed by atoms with van der Waals surface area (Å²) in [5.41, 5.74) is 12.4. The van der Waals surface area contributed by atoms with E-state index in [0.29, 0.717) is 11.6 Å². The van der Waals surface area contributed by atoms with Gasteiger partial charge in [0.25, 0.3) is 0 Å². The first-order valence-corrected chi connectivity index (χ1v) is 26.3. The van der Waals surface area contributed by atoms with Crippen LogP contribution in [0.3, 0.4) is 0 Å². The Hall–Kier alpha value is -4.36. The normalized spacial score (nSPS) is 11.9. The third-order valence-electron chi connectivity index (χ3n) is 9.94. The summed E-state index contributed by atoms with van der Waals surface area (Å²) in [5.74, 6) is 8.80. The standard InChI is InChI=1S/C30H26N3O.C18H24GeN.Ir/c1-18-10-16-23(27-26(18)22-17-11-19(2)31-29(22)34-27)28-32-24-8-6-7-9-25(24)33(28)21-14-12-20(13-15-21)30(3,4)5;1-14(2)11-16-12-18(15-9-7-6-8-10-15)20-13-17(16)19(3,4)5;/h6-15,17H,1-5H3;6-9,12-14H,11H2,1-5H3;/q2*-1;. The summed E-state index contributed by atoms with van der Waals surface area (Å²) < 4.78 is 10.1. The molecule has 8 rings (SSSR count). The third kappa shape index (κ3) is 8.43. The Kier molecular flexibility index (Phi) is 11.7. The Balaban J connectivity index is 0.000000211. The molecule has 4 aromatic carbocycles. The largest absolute Gasteiger partial charge is 0.486 e. The molecule has 1 radical (unpaired) electrons. The molecule has 0 atom stereocenters. The van der Waals surface area contributed by atoms with Crippen LogP contribution in [-0.2, 0) is 31.9 Å². The van der Waals surface area contributed by atoms with Crippen LogP contribution in [0, 0.1) is 31.9 Å². The summed E-state index contributed by atoms with van der Waals surface area (Å²) in [6.45, 7) is 15.3. The molecule has 0 amide bonds. The van der Waals surface area contributed by atoms with Crippen molar-refractivity contribution in [3.63, 3.8) is 0 Å². The molecule has 8 aromatic rings. The quantitative estimate of drug-likeness (QED) is 0.123. The van der Waals surface area contributed by atoms with Crippen molar-refractivity contribution >= 4 is 50.8 Å². The maximum atomic E-state index is 6.35. The summed E-state index contributed by atoms with van der Waals surface area (Å²) in [7, 11) is 0. The fraction of sp³-hybridized carbons (Fsp3) is 0.271. The van der Waals surface area contributed by atoms with Crippen molar-refractivity contribution in [2.24, 2.45) is 5.92 Å². The maximum Gasteiger partial charge on any atom is 0.216 e. The van der Waals surface area contributed by atoms with Gasteiger partial charge in [0, 0.05) is 36.9 Å². The summed E-state index contributed by atoms with van der Waals surface area (Å²) in [4.78, 5) is 14.4. The fourth-order valence-electron chi connectivity index (χ4n) is 7.17. The van der Waals surface area contributed by atoms with E-state index >= 15 is 0 Å². The van der Waals surface area contributed by atoms with Crippen molar-refractivity contribution in [1.29, 1.82) is 0 Å². The zero-order valence-corrected chi connectivity index (χ0v) is 38.1. The van der Waals surface area contributed by atoms with Crippen LogP contribution in [0.4, 0.5) is 0 Å². The number of aryl methyl sites for hydroxylation is 2. The first kappa shape index (κ1) is 40.3. The van der Waals surface area contributed by atoms with Gasteiger partial charge in [-0.05, 0) is 54.3 Å². The fourth-order valence-corrected chi connectivity index (χ4v) is 10.5. The number of para-hydroxylation sites is 2. The minimum absolute atomic E-state index is 0. The van der Waals surface area contributed by atoms with E-state index in [1.54, 1.807) is 4.40 Å². The minimum Gasteiger partial charge on any atom is -0.486 e. The molecule has 0 aliphatic carbocycles. The molecular formula is C48H50GeIrN4O-2. The van der Waals surface area contributed by atoms with Crippen LogP contribution in [0.2, 0.25) is 17.3 Å². The zero-order valence-electron chi connectivity index (χ0n) is 33.6. The molecule has 7 heteroatoms. The molecule has 0 unspecified atom stereocenters. The number of aromatic nitrogens is 4. The average Bonchev–Trinajstić information content (AvgIpc) is 3.70. The molecule has 283 valence electrons. The number of furan rings is 1. The SMILES string of the molecule is CC(C)Cc1cc(-c2[c-]cccc2)nc[c]1[Ge]([CH3])([CH3])[CH3].Cc1ccc2c(n1)oc1c(-c3nc4ccccc4n3-c3ccc(C(C)(C)C)cc3)[c-]cc(C)c12.[Ir]. The van der Waals surface area contributed by atoms with E-state index in [4.69, 9.17) is 14.4 Å². The number of hydrogen-bond donors (Lipinski definition) is 0. The monoisotopic (exact) mass is 965 g/mol. The van der Waals surface area contributed by atoms with Gasteiger partial charge >= 0.3 is 126 Å². The number of rotatable bonds is 6. The molecule has 55 heavy (non-hydrogen) atoms. The van der Waals surface area contributed by atoms with E-state index < -0.39 is 13.3 Å². The van der Waals surface area contributed by atoms with Gasteiger partial charge in [-0.1, -0.05) is 62.9 Å². The number of imidazole rings is 1. The third-order valence-corrected chi connectivity index (χ3v) is 14.3. The predicted octanol–water partition coefficient (Wildman–Crippen LogP) is 12.0. The van der Waals surface area contributed by atoms with E-state index in [2.05, 4.69) is 141 Å². The Morgan fingerprint density at radius 1 is 0.855 bits per heavy atom. The smallest absolute Gasteiger partial charge is 0.216 e. The summed E-state index contributed by atoms with van der Waals surface area (Å²) in [6.07, 6.45) is 3.27. The Bertz CT molecular complexity index is 2590. The Morgan fingerprint density at radius 3 is 2.25 bits per heavy atom. The molecule has 0 saturated carbocycles. The van der Waals surface area contributed by atoms with Gasteiger partial charge in [0.15, 0.2) is 0 Å². The van der Waals surface area contributed by atoms with E-state index in [0.717, 1.165) is 73.4 Å². The second-order valence-electron chi connectivity index (χ2n) is 16.9. The van der Waals surface area contributed by atoms with Crippen LogP contribution < -0.4 is 4.40 Å². The second-order valence-corrected chi connectivity index (χ2v) is 27.4. The van der Waals surface area contributed by atoms with E-state index in [9.17, 15) is 0 Å². The van der Waals surface area contributed by atoms with Gasteiger partial charge in [-0.25, -0.2) is 4.98 Å². The number of hydrogen-bond acceptors (Lipinski definition) is 4. The van der Waals surface area contributed by atoms with Gasteiger partial charge in [0.05, 0.1) is 22.4 Å². The van der Waals surface area contributed by atoms with Crippen molar-refractivity contribution in [1.82, 2.24) is 19.5 Å². The Morgan fingerprint density at radius 2 is 1.58 bits per heavy atom. The molecule has 0 aliphatic heterocycles. The second kappa shape index (κ2) is 16.0. The molecule has 0 bridgehead atoms. The van der Waals surface area contributed by atoms with Gasteiger partial charge in [-0.15, -0.1) is 17.7 Å². The van der Waals surface area contributed by atoms with Crippen molar-refractivity contribution < 1.29 is 24.5 Å². The minimum atomic E-state index is -1.86. The topological polar surface area (TPSA) is 56.7 Å². The number of fused-ring (bicyclic) bond motifs is 4. The molecular weight excluding hydrogens is 913 g/mol. The van der Waals surface area contributed by atoms with Gasteiger partial charge in [-0.2, -0.15) is 0 Å². The van der Waals surface area contributed by atoms with Gasteiger partial charge in [0.2, 0.25) is 5.71 Å². The first-order chi connectivity index (χ1) is 25.7. The number of benzene rings is 4. The van der Waals surface area contributed by atoms with Gasteiger partial charge < -0.3 is 8.98 Å². The van der Waals surface area contributed by atoms with E-state index in [-0.39, 0.29) is 25.5 Å². The van der Waals surface area contributed by atoms with Gasteiger partial charge in [-0.3, -0.25) is 4.98 Å². The first-order valence-electron chi connectivity index (χ1n) is 19.0. The number of nitrogens with zero attached hydrogens (tertiary/aromatic N) is 4. The molecule has 0 N–H and O–H groups in total. The van der Waals surface area contributed by atoms with Gasteiger partial charge in [0.1, 0.15) is 0 Å². The summed E-state index contributed by atoms with van der Waals surface area (Å²) in [6, 6.07) is 40.3. The Labute approximate surface area is 342 Å². The predicted molar refractivity (Wildman–Crippen MR) is 229 cm³/mol. The van der Waals surface area contributed by atoms with Crippen LogP contribution in [0.25, 0.3) is 61.4 Å². The zero-order chi connectivity index (χ0) is 38.4. The molecule has 5 nitrogen and oxygen atoms in total. The van der Waals surface area contributed by atoms with Crippen LogP contribution >= 0.6 is 0 Å². The molecule has 0 aliphatic rings. The van der Waals surface area contributed by atoms with Crippen LogP contribution in [0.1, 0.15) is 57.0 Å². The van der Waals surface area contributed by atoms with Crippen LogP contribution in [0.5, 0.6) is 0 Å².